The van der Waals surface area contributed by atoms with Crippen LogP contribution in [0.5, 0.6) is 0 Å². The van der Waals surface area contributed by atoms with Crippen LogP contribution in [0.1, 0.15) is 5.69 Å². The molecule has 22 heavy (non-hydrogen) atoms. The number of aromatic nitrogens is 1. The van der Waals surface area contributed by atoms with E-state index in [0.29, 0.717) is 17.1 Å². The standard InChI is InChI=1S/C15H16FN3O2.ClH/c16-12-3-1-11(2-4-12)15-18-13(10-21-15)9-14(20)19-7-5-17-6-8-19;/h1-4,10,17H,5-9H2;1H. The van der Waals surface area contributed by atoms with Crippen LogP contribution in [-0.4, -0.2) is 42.0 Å². The third-order valence-corrected chi connectivity index (χ3v) is 3.44. The summed E-state index contributed by atoms with van der Waals surface area (Å²) in [5, 5.41) is 3.20. The quantitative estimate of drug-likeness (QED) is 0.936. The molecule has 118 valence electrons. The predicted octanol–water partition coefficient (Wildman–Crippen LogP) is 1.88. The van der Waals surface area contributed by atoms with Crippen molar-refractivity contribution < 1.29 is 13.6 Å². The van der Waals surface area contributed by atoms with Crippen LogP contribution in [0.25, 0.3) is 11.5 Å². The third kappa shape index (κ3) is 3.84. The topological polar surface area (TPSA) is 58.4 Å². The molecule has 1 saturated heterocycles. The second-order valence-electron chi connectivity index (χ2n) is 4.96. The lowest BCUT2D eigenvalue weighted by atomic mass is 10.2. The number of nitrogens with one attached hydrogen (secondary N) is 1. The van der Waals surface area contributed by atoms with Gasteiger partial charge in [0.1, 0.15) is 12.1 Å². The van der Waals surface area contributed by atoms with E-state index in [1.165, 1.54) is 18.4 Å². The predicted molar refractivity (Wildman–Crippen MR) is 82.3 cm³/mol. The molecule has 1 aliphatic heterocycles. The maximum Gasteiger partial charge on any atom is 0.228 e. The van der Waals surface area contributed by atoms with Crippen molar-refractivity contribution in [3.8, 4) is 11.5 Å². The molecule has 2 aromatic rings. The minimum atomic E-state index is -0.306. The summed E-state index contributed by atoms with van der Waals surface area (Å²) < 4.78 is 18.2. The summed E-state index contributed by atoms with van der Waals surface area (Å²) >= 11 is 0. The van der Waals surface area contributed by atoms with Crippen molar-refractivity contribution >= 4 is 18.3 Å². The molecular weight excluding hydrogens is 309 g/mol. The third-order valence-electron chi connectivity index (χ3n) is 3.44. The van der Waals surface area contributed by atoms with E-state index in [4.69, 9.17) is 4.42 Å². The molecule has 1 aromatic carbocycles. The van der Waals surface area contributed by atoms with Crippen molar-refractivity contribution in [2.24, 2.45) is 0 Å². The van der Waals surface area contributed by atoms with Crippen molar-refractivity contribution in [2.45, 2.75) is 6.42 Å². The Hall–Kier alpha value is -1.92. The van der Waals surface area contributed by atoms with Crippen LogP contribution in [0.3, 0.4) is 0 Å². The second-order valence-corrected chi connectivity index (χ2v) is 4.96. The molecule has 1 aliphatic rings. The summed E-state index contributed by atoms with van der Waals surface area (Å²) in [6, 6.07) is 5.91. The summed E-state index contributed by atoms with van der Waals surface area (Å²) in [6.45, 7) is 3.10. The van der Waals surface area contributed by atoms with Gasteiger partial charge in [0.2, 0.25) is 11.8 Å². The minimum Gasteiger partial charge on any atom is -0.444 e. The van der Waals surface area contributed by atoms with Gasteiger partial charge in [0.25, 0.3) is 0 Å². The summed E-state index contributed by atoms with van der Waals surface area (Å²) in [6.07, 6.45) is 1.71. The molecule has 0 spiro atoms. The fourth-order valence-electron chi connectivity index (χ4n) is 2.29. The fourth-order valence-corrected chi connectivity index (χ4v) is 2.29. The van der Waals surface area contributed by atoms with Gasteiger partial charge < -0.3 is 14.6 Å². The van der Waals surface area contributed by atoms with Gasteiger partial charge in [-0.3, -0.25) is 4.79 Å². The van der Waals surface area contributed by atoms with Gasteiger partial charge in [0.15, 0.2) is 0 Å². The van der Waals surface area contributed by atoms with E-state index in [1.54, 1.807) is 12.1 Å². The number of carbonyl (C=O) groups is 1. The summed E-state index contributed by atoms with van der Waals surface area (Å²) in [5.41, 5.74) is 1.29. The zero-order valence-corrected chi connectivity index (χ0v) is 12.7. The molecule has 0 unspecified atom stereocenters. The number of hydrogen-bond donors (Lipinski definition) is 1. The van der Waals surface area contributed by atoms with Crippen LogP contribution in [0.15, 0.2) is 34.9 Å². The second kappa shape index (κ2) is 7.38. The Labute approximate surface area is 133 Å². The Morgan fingerprint density at radius 1 is 1.27 bits per heavy atom. The number of nitrogens with zero attached hydrogens (tertiary/aromatic N) is 2. The molecule has 2 heterocycles. The first-order valence-corrected chi connectivity index (χ1v) is 6.91. The minimum absolute atomic E-state index is 0. The maximum atomic E-state index is 12.9. The lowest BCUT2D eigenvalue weighted by Crippen LogP contribution is -2.46. The van der Waals surface area contributed by atoms with Crippen LogP contribution in [-0.2, 0) is 11.2 Å². The molecular formula is C15H17ClFN3O2. The Bertz CT molecular complexity index is 624. The molecule has 1 N–H and O–H groups in total. The largest absolute Gasteiger partial charge is 0.444 e. The van der Waals surface area contributed by atoms with Crippen LogP contribution in [0.4, 0.5) is 4.39 Å². The number of oxazole rings is 1. The number of carbonyl (C=O) groups excluding carboxylic acids is 1. The van der Waals surface area contributed by atoms with E-state index in [2.05, 4.69) is 10.3 Å². The highest BCUT2D eigenvalue weighted by atomic mass is 35.5. The first kappa shape index (κ1) is 16.5. The average molecular weight is 326 g/mol. The van der Waals surface area contributed by atoms with Crippen LogP contribution >= 0.6 is 12.4 Å². The van der Waals surface area contributed by atoms with Crippen molar-refractivity contribution in [3.05, 3.63) is 42.0 Å². The van der Waals surface area contributed by atoms with Crippen LogP contribution < -0.4 is 5.32 Å². The SMILES string of the molecule is Cl.O=C(Cc1coc(-c2ccc(F)cc2)n1)N1CCNCC1. The van der Waals surface area contributed by atoms with Gasteiger partial charge in [0, 0.05) is 31.7 Å². The monoisotopic (exact) mass is 325 g/mol. The number of hydrogen-bond acceptors (Lipinski definition) is 4. The smallest absolute Gasteiger partial charge is 0.228 e. The van der Waals surface area contributed by atoms with Crippen LogP contribution in [0.2, 0.25) is 0 Å². The number of rotatable bonds is 3. The van der Waals surface area contributed by atoms with Gasteiger partial charge in [-0.2, -0.15) is 0 Å². The molecule has 0 bridgehead atoms. The number of halogens is 2. The van der Waals surface area contributed by atoms with Gasteiger partial charge in [-0.15, -0.1) is 12.4 Å². The average Bonchev–Trinajstić information content (AvgIpc) is 2.97. The zero-order valence-electron chi connectivity index (χ0n) is 11.9. The lowest BCUT2D eigenvalue weighted by molar-refractivity contribution is -0.131. The van der Waals surface area contributed by atoms with Crippen molar-refractivity contribution in [1.82, 2.24) is 15.2 Å². The fraction of sp³-hybridized carbons (Fsp3) is 0.333. The van der Waals surface area contributed by atoms with Gasteiger partial charge >= 0.3 is 0 Å². The lowest BCUT2D eigenvalue weighted by Gasteiger charge is -2.27. The number of amides is 1. The highest BCUT2D eigenvalue weighted by molar-refractivity contribution is 5.85. The summed E-state index contributed by atoms with van der Waals surface area (Å²) in [7, 11) is 0. The summed E-state index contributed by atoms with van der Waals surface area (Å²) in [4.78, 5) is 18.2. The Balaban J connectivity index is 0.00000176. The van der Waals surface area contributed by atoms with E-state index in [9.17, 15) is 9.18 Å². The molecule has 3 rings (SSSR count). The normalized spacial score (nSPS) is 14.5. The first-order valence-electron chi connectivity index (χ1n) is 6.91. The van der Waals surface area contributed by atoms with Crippen molar-refractivity contribution in [3.63, 3.8) is 0 Å². The molecule has 1 amide bonds. The van der Waals surface area contributed by atoms with Crippen molar-refractivity contribution in [1.29, 1.82) is 0 Å². The van der Waals surface area contributed by atoms with Gasteiger partial charge in [-0.1, -0.05) is 0 Å². The van der Waals surface area contributed by atoms with Gasteiger partial charge in [0.05, 0.1) is 12.1 Å². The molecule has 0 saturated carbocycles. The molecule has 0 atom stereocenters. The summed E-state index contributed by atoms with van der Waals surface area (Å²) in [5.74, 6) is 0.146. The van der Waals surface area contributed by atoms with E-state index < -0.39 is 0 Å². The maximum absolute atomic E-state index is 12.9. The molecule has 7 heteroatoms. The molecule has 5 nitrogen and oxygen atoms in total. The van der Waals surface area contributed by atoms with E-state index in [0.717, 1.165) is 26.2 Å². The van der Waals surface area contributed by atoms with Crippen LogP contribution in [0, 0.1) is 5.82 Å². The zero-order chi connectivity index (χ0) is 14.7. The Morgan fingerprint density at radius 2 is 1.95 bits per heavy atom. The van der Waals surface area contributed by atoms with E-state index in [1.807, 2.05) is 4.90 Å². The molecule has 0 radical (unpaired) electrons. The van der Waals surface area contributed by atoms with Crippen molar-refractivity contribution in [2.75, 3.05) is 26.2 Å². The van der Waals surface area contributed by atoms with E-state index >= 15 is 0 Å². The van der Waals surface area contributed by atoms with Gasteiger partial charge in [-0.25, -0.2) is 9.37 Å². The van der Waals surface area contributed by atoms with E-state index in [-0.39, 0.29) is 30.6 Å². The Kier molecular flexibility index (Phi) is 5.51. The first-order chi connectivity index (χ1) is 10.2. The molecule has 1 fully saturated rings. The Morgan fingerprint density at radius 3 is 2.64 bits per heavy atom. The molecule has 0 aliphatic carbocycles. The number of piperazine rings is 1. The molecule has 1 aromatic heterocycles. The number of benzene rings is 1. The highest BCUT2D eigenvalue weighted by Crippen LogP contribution is 2.19. The van der Waals surface area contributed by atoms with Gasteiger partial charge in [-0.05, 0) is 24.3 Å². The highest BCUT2D eigenvalue weighted by Gasteiger charge is 2.18.